The zero-order valence-corrected chi connectivity index (χ0v) is 11.8. The maximum absolute atomic E-state index is 5.99. The molecule has 2 atom stereocenters. The normalized spacial score (nSPS) is 14.9. The third-order valence-electron chi connectivity index (χ3n) is 3.87. The first kappa shape index (κ1) is 13.2. The smallest absolute Gasteiger partial charge is 0.134 e. The Morgan fingerprint density at radius 1 is 1.22 bits per heavy atom. The second-order valence-corrected chi connectivity index (χ2v) is 4.94. The third kappa shape index (κ3) is 2.17. The Balaban J connectivity index is 2.59. The Kier molecular flexibility index (Phi) is 4.07. The van der Waals surface area contributed by atoms with E-state index in [9.17, 15) is 0 Å². The van der Waals surface area contributed by atoms with Crippen LogP contribution in [0.1, 0.15) is 44.6 Å². The van der Waals surface area contributed by atoms with Gasteiger partial charge in [-0.25, -0.2) is 0 Å². The Labute approximate surface area is 109 Å². The van der Waals surface area contributed by atoms with E-state index in [0.29, 0.717) is 12.0 Å². The van der Waals surface area contributed by atoms with Crippen LogP contribution in [0.3, 0.4) is 0 Å². The van der Waals surface area contributed by atoms with E-state index in [4.69, 9.17) is 4.42 Å². The Morgan fingerprint density at radius 3 is 2.56 bits per heavy atom. The molecular formula is C16H23NO. The number of hydrogen-bond acceptors (Lipinski definition) is 2. The summed E-state index contributed by atoms with van der Waals surface area (Å²) < 4.78 is 5.99. The first-order valence-corrected chi connectivity index (χ1v) is 6.90. The van der Waals surface area contributed by atoms with Crippen molar-refractivity contribution >= 4 is 11.0 Å². The van der Waals surface area contributed by atoms with Gasteiger partial charge in [-0.05, 0) is 19.0 Å². The molecule has 2 aromatic rings. The SMILES string of the molecule is CCc1oc2ccccc2c1C(NC)C(C)CC. The fraction of sp³-hybridized carbons (Fsp3) is 0.500. The molecule has 0 aliphatic carbocycles. The lowest BCUT2D eigenvalue weighted by atomic mass is 9.90. The highest BCUT2D eigenvalue weighted by atomic mass is 16.3. The lowest BCUT2D eigenvalue weighted by molar-refractivity contribution is 0.393. The summed E-state index contributed by atoms with van der Waals surface area (Å²) in [5.41, 5.74) is 2.36. The average Bonchev–Trinajstić information content (AvgIpc) is 2.78. The number of nitrogens with one attached hydrogen (secondary N) is 1. The molecule has 2 rings (SSSR count). The van der Waals surface area contributed by atoms with E-state index in [-0.39, 0.29) is 0 Å². The fourth-order valence-corrected chi connectivity index (χ4v) is 2.67. The standard InChI is InChI=1S/C16H23NO/c1-5-11(3)16(17-4)15-12-9-7-8-10-14(12)18-13(15)6-2/h7-11,16-17H,5-6H2,1-4H3. The van der Waals surface area contributed by atoms with Gasteiger partial charge in [-0.1, -0.05) is 45.4 Å². The zero-order chi connectivity index (χ0) is 13.1. The van der Waals surface area contributed by atoms with Gasteiger partial charge in [0.25, 0.3) is 0 Å². The third-order valence-corrected chi connectivity index (χ3v) is 3.87. The molecule has 0 fully saturated rings. The molecule has 18 heavy (non-hydrogen) atoms. The molecule has 0 spiro atoms. The number of aryl methyl sites for hydroxylation is 1. The van der Waals surface area contributed by atoms with Gasteiger partial charge in [0.2, 0.25) is 0 Å². The highest BCUT2D eigenvalue weighted by Gasteiger charge is 2.24. The van der Waals surface area contributed by atoms with Crippen molar-refractivity contribution in [2.75, 3.05) is 7.05 Å². The van der Waals surface area contributed by atoms with Crippen molar-refractivity contribution < 1.29 is 4.42 Å². The van der Waals surface area contributed by atoms with Crippen LogP contribution in [0.4, 0.5) is 0 Å². The van der Waals surface area contributed by atoms with Crippen LogP contribution in [0.5, 0.6) is 0 Å². The van der Waals surface area contributed by atoms with Gasteiger partial charge < -0.3 is 9.73 Å². The summed E-state index contributed by atoms with van der Waals surface area (Å²) in [7, 11) is 2.04. The molecule has 0 radical (unpaired) electrons. The van der Waals surface area contributed by atoms with Gasteiger partial charge in [0.05, 0.1) is 0 Å². The zero-order valence-electron chi connectivity index (χ0n) is 11.8. The molecule has 0 bridgehead atoms. The molecule has 0 aliphatic heterocycles. The maximum Gasteiger partial charge on any atom is 0.134 e. The van der Waals surface area contributed by atoms with Crippen LogP contribution in [-0.2, 0) is 6.42 Å². The summed E-state index contributed by atoms with van der Waals surface area (Å²) >= 11 is 0. The molecule has 0 saturated carbocycles. The molecule has 0 saturated heterocycles. The lowest BCUT2D eigenvalue weighted by Gasteiger charge is -2.23. The van der Waals surface area contributed by atoms with Crippen LogP contribution in [0.25, 0.3) is 11.0 Å². The van der Waals surface area contributed by atoms with E-state index in [1.165, 1.54) is 10.9 Å². The highest BCUT2D eigenvalue weighted by molar-refractivity contribution is 5.82. The number of rotatable bonds is 5. The van der Waals surface area contributed by atoms with Gasteiger partial charge in [-0.2, -0.15) is 0 Å². The van der Waals surface area contributed by atoms with E-state index in [2.05, 4.69) is 44.3 Å². The molecule has 1 N–H and O–H groups in total. The minimum Gasteiger partial charge on any atom is -0.461 e. The molecule has 1 heterocycles. The largest absolute Gasteiger partial charge is 0.461 e. The minimum atomic E-state index is 0.369. The lowest BCUT2D eigenvalue weighted by Crippen LogP contribution is -2.23. The van der Waals surface area contributed by atoms with E-state index < -0.39 is 0 Å². The Morgan fingerprint density at radius 2 is 1.94 bits per heavy atom. The van der Waals surface area contributed by atoms with Crippen LogP contribution in [0, 0.1) is 5.92 Å². The van der Waals surface area contributed by atoms with E-state index in [1.807, 2.05) is 13.1 Å². The van der Waals surface area contributed by atoms with E-state index in [1.54, 1.807) is 0 Å². The van der Waals surface area contributed by atoms with Crippen molar-refractivity contribution in [3.05, 3.63) is 35.6 Å². The quantitative estimate of drug-likeness (QED) is 0.849. The van der Waals surface area contributed by atoms with Crippen LogP contribution in [0.2, 0.25) is 0 Å². The molecule has 98 valence electrons. The van der Waals surface area contributed by atoms with Crippen molar-refractivity contribution in [3.63, 3.8) is 0 Å². The minimum absolute atomic E-state index is 0.369. The van der Waals surface area contributed by atoms with Crippen LogP contribution >= 0.6 is 0 Å². The summed E-state index contributed by atoms with van der Waals surface area (Å²) in [4.78, 5) is 0. The van der Waals surface area contributed by atoms with E-state index in [0.717, 1.165) is 24.2 Å². The fourth-order valence-electron chi connectivity index (χ4n) is 2.67. The van der Waals surface area contributed by atoms with Crippen LogP contribution in [0.15, 0.2) is 28.7 Å². The highest BCUT2D eigenvalue weighted by Crippen LogP contribution is 2.35. The number of para-hydroxylation sites is 1. The van der Waals surface area contributed by atoms with Crippen LogP contribution < -0.4 is 5.32 Å². The molecule has 2 nitrogen and oxygen atoms in total. The van der Waals surface area contributed by atoms with Gasteiger partial charge >= 0.3 is 0 Å². The topological polar surface area (TPSA) is 25.2 Å². The summed E-state index contributed by atoms with van der Waals surface area (Å²) in [5, 5.41) is 4.72. The summed E-state index contributed by atoms with van der Waals surface area (Å²) in [6, 6.07) is 8.71. The van der Waals surface area contributed by atoms with Crippen molar-refractivity contribution in [1.29, 1.82) is 0 Å². The monoisotopic (exact) mass is 245 g/mol. The predicted octanol–water partition coefficient (Wildman–Crippen LogP) is 4.30. The van der Waals surface area contributed by atoms with Gasteiger partial charge in [-0.3, -0.25) is 0 Å². The molecular weight excluding hydrogens is 222 g/mol. The van der Waals surface area contributed by atoms with Gasteiger partial charge in [0.15, 0.2) is 0 Å². The Hall–Kier alpha value is -1.28. The summed E-state index contributed by atoms with van der Waals surface area (Å²) in [6.45, 7) is 6.69. The Bertz CT molecular complexity index is 515. The molecule has 1 aromatic heterocycles. The van der Waals surface area contributed by atoms with Crippen molar-refractivity contribution in [1.82, 2.24) is 5.32 Å². The van der Waals surface area contributed by atoms with Crippen molar-refractivity contribution in [2.45, 2.75) is 39.7 Å². The second kappa shape index (κ2) is 5.57. The molecule has 2 heteroatoms. The van der Waals surface area contributed by atoms with Gasteiger partial charge in [0, 0.05) is 23.4 Å². The van der Waals surface area contributed by atoms with Gasteiger partial charge in [0.1, 0.15) is 11.3 Å². The molecule has 0 aliphatic rings. The molecule has 1 aromatic carbocycles. The molecule has 0 amide bonds. The number of hydrogen-bond donors (Lipinski definition) is 1. The van der Waals surface area contributed by atoms with Crippen molar-refractivity contribution in [2.24, 2.45) is 5.92 Å². The predicted molar refractivity (Wildman–Crippen MR) is 76.8 cm³/mol. The number of fused-ring (bicyclic) bond motifs is 1. The van der Waals surface area contributed by atoms with Crippen LogP contribution in [-0.4, -0.2) is 7.05 Å². The van der Waals surface area contributed by atoms with E-state index >= 15 is 0 Å². The maximum atomic E-state index is 5.99. The second-order valence-electron chi connectivity index (χ2n) is 4.94. The molecule has 2 unspecified atom stereocenters. The summed E-state index contributed by atoms with van der Waals surface area (Å²) in [5.74, 6) is 1.72. The average molecular weight is 245 g/mol. The first-order valence-electron chi connectivity index (χ1n) is 6.90. The number of furan rings is 1. The summed E-state index contributed by atoms with van der Waals surface area (Å²) in [6.07, 6.45) is 2.10. The first-order chi connectivity index (χ1) is 8.72. The van der Waals surface area contributed by atoms with Gasteiger partial charge in [-0.15, -0.1) is 0 Å². The number of benzene rings is 1. The van der Waals surface area contributed by atoms with Crippen molar-refractivity contribution in [3.8, 4) is 0 Å².